The molecule has 0 amide bonds. The first-order valence-corrected chi connectivity index (χ1v) is 7.57. The van der Waals surface area contributed by atoms with Crippen LogP contribution in [0.4, 0.5) is 5.13 Å². The lowest BCUT2D eigenvalue weighted by atomic mass is 10.2. The van der Waals surface area contributed by atoms with Gasteiger partial charge < -0.3 is 10.6 Å². The second kappa shape index (κ2) is 5.83. The molecule has 0 radical (unpaired) electrons. The molecule has 1 unspecified atom stereocenters. The first kappa shape index (κ1) is 12.8. The van der Waals surface area contributed by atoms with Crippen molar-refractivity contribution in [2.24, 2.45) is 5.73 Å². The van der Waals surface area contributed by atoms with Crippen LogP contribution in [0, 0.1) is 0 Å². The maximum atomic E-state index is 5.81. The molecular formula is C13H23N3S. The summed E-state index contributed by atoms with van der Waals surface area (Å²) in [7, 11) is 0. The summed E-state index contributed by atoms with van der Waals surface area (Å²) in [6, 6.07) is 0.696. The quantitative estimate of drug-likeness (QED) is 0.877. The van der Waals surface area contributed by atoms with Crippen LogP contribution in [0.2, 0.25) is 0 Å². The van der Waals surface area contributed by atoms with Crippen molar-refractivity contribution in [3.05, 3.63) is 10.6 Å². The van der Waals surface area contributed by atoms with Gasteiger partial charge in [0.2, 0.25) is 0 Å². The first-order chi connectivity index (χ1) is 8.30. The second-order valence-electron chi connectivity index (χ2n) is 4.72. The summed E-state index contributed by atoms with van der Waals surface area (Å²) in [6.07, 6.45) is 6.05. The largest absolute Gasteiger partial charge is 0.345 e. The van der Waals surface area contributed by atoms with E-state index in [2.05, 4.69) is 18.7 Å². The van der Waals surface area contributed by atoms with Crippen LogP contribution in [-0.2, 0) is 13.0 Å². The maximum Gasteiger partial charge on any atom is 0.186 e. The van der Waals surface area contributed by atoms with Crippen molar-refractivity contribution in [1.82, 2.24) is 4.98 Å². The standard InChI is InChI=1S/C13H23N3S/c1-3-6-11-12(9-14)17-13(15-11)16-8-5-7-10(16)4-2/h10H,3-9,14H2,1-2H3. The molecule has 0 aliphatic carbocycles. The Labute approximate surface area is 108 Å². The van der Waals surface area contributed by atoms with Crippen molar-refractivity contribution in [1.29, 1.82) is 0 Å². The molecule has 1 aromatic heterocycles. The molecule has 1 saturated heterocycles. The molecule has 1 aromatic rings. The SMILES string of the molecule is CCCc1nc(N2CCCC2CC)sc1CN. The third kappa shape index (κ3) is 2.63. The fourth-order valence-electron chi connectivity index (χ4n) is 2.60. The van der Waals surface area contributed by atoms with E-state index in [-0.39, 0.29) is 0 Å². The van der Waals surface area contributed by atoms with Gasteiger partial charge in [-0.15, -0.1) is 11.3 Å². The number of anilines is 1. The van der Waals surface area contributed by atoms with E-state index in [9.17, 15) is 0 Å². The molecule has 17 heavy (non-hydrogen) atoms. The van der Waals surface area contributed by atoms with Crippen LogP contribution >= 0.6 is 11.3 Å². The fourth-order valence-corrected chi connectivity index (χ4v) is 3.68. The normalized spacial score (nSPS) is 20.2. The lowest BCUT2D eigenvalue weighted by Crippen LogP contribution is -2.28. The number of thiazole rings is 1. The Morgan fingerprint density at radius 1 is 1.47 bits per heavy atom. The molecule has 1 fully saturated rings. The lowest BCUT2D eigenvalue weighted by molar-refractivity contribution is 0.643. The van der Waals surface area contributed by atoms with E-state index in [1.807, 2.05) is 0 Å². The summed E-state index contributed by atoms with van der Waals surface area (Å²) in [5.41, 5.74) is 7.05. The van der Waals surface area contributed by atoms with E-state index in [1.54, 1.807) is 11.3 Å². The summed E-state index contributed by atoms with van der Waals surface area (Å²) >= 11 is 1.81. The average Bonchev–Trinajstić information content (AvgIpc) is 2.94. The van der Waals surface area contributed by atoms with Gasteiger partial charge in [0.15, 0.2) is 5.13 Å². The Kier molecular flexibility index (Phi) is 4.40. The van der Waals surface area contributed by atoms with Gasteiger partial charge >= 0.3 is 0 Å². The number of nitrogens with two attached hydrogens (primary N) is 1. The molecule has 3 nitrogen and oxygen atoms in total. The van der Waals surface area contributed by atoms with Gasteiger partial charge in [0.05, 0.1) is 5.69 Å². The van der Waals surface area contributed by atoms with Gasteiger partial charge in [-0.2, -0.15) is 0 Å². The molecule has 0 saturated carbocycles. The van der Waals surface area contributed by atoms with Crippen LogP contribution < -0.4 is 10.6 Å². The summed E-state index contributed by atoms with van der Waals surface area (Å²) in [5, 5.41) is 1.21. The molecule has 2 rings (SSSR count). The molecule has 0 bridgehead atoms. The molecular weight excluding hydrogens is 230 g/mol. The van der Waals surface area contributed by atoms with Gasteiger partial charge in [0.1, 0.15) is 0 Å². The molecule has 0 spiro atoms. The van der Waals surface area contributed by atoms with Gasteiger partial charge in [0.25, 0.3) is 0 Å². The van der Waals surface area contributed by atoms with Crippen molar-refractivity contribution >= 4 is 16.5 Å². The van der Waals surface area contributed by atoms with Crippen molar-refractivity contribution in [3.8, 4) is 0 Å². The van der Waals surface area contributed by atoms with Crippen LogP contribution in [0.3, 0.4) is 0 Å². The Morgan fingerprint density at radius 3 is 2.94 bits per heavy atom. The Bertz CT molecular complexity index is 362. The van der Waals surface area contributed by atoms with E-state index < -0.39 is 0 Å². The van der Waals surface area contributed by atoms with E-state index in [1.165, 1.54) is 41.5 Å². The topological polar surface area (TPSA) is 42.2 Å². The number of aryl methyl sites for hydroxylation is 1. The van der Waals surface area contributed by atoms with Crippen LogP contribution in [-0.4, -0.2) is 17.6 Å². The second-order valence-corrected chi connectivity index (χ2v) is 5.78. The molecule has 0 aromatic carbocycles. The highest BCUT2D eigenvalue weighted by molar-refractivity contribution is 7.15. The van der Waals surface area contributed by atoms with Gasteiger partial charge in [-0.25, -0.2) is 4.98 Å². The molecule has 2 heterocycles. The first-order valence-electron chi connectivity index (χ1n) is 6.75. The number of hydrogen-bond donors (Lipinski definition) is 1. The van der Waals surface area contributed by atoms with Crippen molar-refractivity contribution in [2.75, 3.05) is 11.4 Å². The predicted octanol–water partition coefficient (Wildman–Crippen LogP) is 2.93. The number of nitrogens with zero attached hydrogens (tertiary/aromatic N) is 2. The van der Waals surface area contributed by atoms with Crippen molar-refractivity contribution in [3.63, 3.8) is 0 Å². The zero-order valence-electron chi connectivity index (χ0n) is 10.9. The van der Waals surface area contributed by atoms with Gasteiger partial charge in [-0.05, 0) is 25.7 Å². The number of rotatable bonds is 5. The lowest BCUT2D eigenvalue weighted by Gasteiger charge is -2.22. The summed E-state index contributed by atoms with van der Waals surface area (Å²) < 4.78 is 0. The van der Waals surface area contributed by atoms with Crippen molar-refractivity contribution in [2.45, 2.75) is 58.5 Å². The van der Waals surface area contributed by atoms with Crippen LogP contribution in [0.25, 0.3) is 0 Å². The zero-order valence-corrected chi connectivity index (χ0v) is 11.7. The van der Waals surface area contributed by atoms with Crippen LogP contribution in [0.1, 0.15) is 50.1 Å². The van der Waals surface area contributed by atoms with Gasteiger partial charge in [0, 0.05) is 24.0 Å². The monoisotopic (exact) mass is 253 g/mol. The van der Waals surface area contributed by atoms with E-state index in [4.69, 9.17) is 10.7 Å². The predicted molar refractivity (Wildman–Crippen MR) is 74.7 cm³/mol. The zero-order chi connectivity index (χ0) is 12.3. The smallest absolute Gasteiger partial charge is 0.186 e. The van der Waals surface area contributed by atoms with Gasteiger partial charge in [-0.1, -0.05) is 20.3 Å². The van der Waals surface area contributed by atoms with E-state index in [0.29, 0.717) is 12.6 Å². The van der Waals surface area contributed by atoms with Crippen molar-refractivity contribution < 1.29 is 0 Å². The number of hydrogen-bond acceptors (Lipinski definition) is 4. The third-order valence-electron chi connectivity index (χ3n) is 3.53. The Morgan fingerprint density at radius 2 is 2.29 bits per heavy atom. The van der Waals surface area contributed by atoms with Gasteiger partial charge in [-0.3, -0.25) is 0 Å². The van der Waals surface area contributed by atoms with Crippen LogP contribution in [0.15, 0.2) is 0 Å². The Hall–Kier alpha value is -0.610. The summed E-state index contributed by atoms with van der Waals surface area (Å²) in [4.78, 5) is 8.59. The molecule has 1 atom stereocenters. The van der Waals surface area contributed by atoms with E-state index >= 15 is 0 Å². The summed E-state index contributed by atoms with van der Waals surface area (Å²) in [5.74, 6) is 0. The Balaban J connectivity index is 2.20. The molecule has 1 aliphatic heterocycles. The molecule has 1 aliphatic rings. The highest BCUT2D eigenvalue weighted by atomic mass is 32.1. The third-order valence-corrected chi connectivity index (χ3v) is 4.69. The molecule has 2 N–H and O–H groups in total. The minimum atomic E-state index is 0.637. The molecule has 96 valence electrons. The average molecular weight is 253 g/mol. The molecule has 4 heteroatoms. The van der Waals surface area contributed by atoms with E-state index in [0.717, 1.165) is 12.8 Å². The number of aromatic nitrogens is 1. The highest BCUT2D eigenvalue weighted by Crippen LogP contribution is 2.33. The minimum Gasteiger partial charge on any atom is -0.345 e. The fraction of sp³-hybridized carbons (Fsp3) is 0.769. The summed E-state index contributed by atoms with van der Waals surface area (Å²) in [6.45, 7) is 6.27. The van der Waals surface area contributed by atoms with Crippen LogP contribution in [0.5, 0.6) is 0 Å². The highest BCUT2D eigenvalue weighted by Gasteiger charge is 2.26. The minimum absolute atomic E-state index is 0.637. The maximum absolute atomic E-state index is 5.81.